The zero-order valence-corrected chi connectivity index (χ0v) is 24.0. The smallest absolute Gasteiger partial charge is 0.347 e. The van der Waals surface area contributed by atoms with Crippen LogP contribution in [0.25, 0.3) is 0 Å². The maximum Gasteiger partial charge on any atom is 0.347 e. The molecule has 39 heavy (non-hydrogen) atoms. The van der Waals surface area contributed by atoms with E-state index >= 15 is 0 Å². The van der Waals surface area contributed by atoms with Crippen LogP contribution >= 0.6 is 11.3 Å². The lowest BCUT2D eigenvalue weighted by atomic mass is 10.0. The second-order valence-corrected chi connectivity index (χ2v) is 11.7. The maximum absolute atomic E-state index is 12.4. The van der Waals surface area contributed by atoms with Crippen molar-refractivity contribution < 1.29 is 14.7 Å². The molecule has 0 aliphatic carbocycles. The summed E-state index contributed by atoms with van der Waals surface area (Å²) in [6.07, 6.45) is 1.84. The van der Waals surface area contributed by atoms with Crippen LogP contribution in [-0.4, -0.2) is 51.6 Å². The van der Waals surface area contributed by atoms with Gasteiger partial charge in [0.15, 0.2) is 5.13 Å². The molecule has 1 aliphatic rings. The highest BCUT2D eigenvalue weighted by molar-refractivity contribution is 7.17. The van der Waals surface area contributed by atoms with Gasteiger partial charge in [0, 0.05) is 37.3 Å². The minimum Gasteiger partial charge on any atom is -0.477 e. The van der Waals surface area contributed by atoms with Gasteiger partial charge < -0.3 is 20.6 Å². The predicted octanol–water partition coefficient (Wildman–Crippen LogP) is 5.09. The van der Waals surface area contributed by atoms with Crippen LogP contribution in [0.5, 0.6) is 0 Å². The van der Waals surface area contributed by atoms with Gasteiger partial charge in [0.2, 0.25) is 5.95 Å². The van der Waals surface area contributed by atoms with Gasteiger partial charge >= 0.3 is 5.97 Å². The number of carboxylic acids is 1. The topological polar surface area (TPSA) is 132 Å². The first-order valence-corrected chi connectivity index (χ1v) is 14.2. The number of carboxylic acid groups (broad SMARTS) is 1. The molecule has 0 radical (unpaired) electrons. The van der Waals surface area contributed by atoms with E-state index in [2.05, 4.69) is 53.5 Å². The Bertz CT molecular complexity index is 1320. The molecule has 0 bridgehead atoms. The molecular weight excluding hydrogens is 514 g/mol. The number of nitrogens with zero attached hydrogens (tertiary/aromatic N) is 4. The van der Waals surface area contributed by atoms with Crippen LogP contribution in [0.15, 0.2) is 24.3 Å². The van der Waals surface area contributed by atoms with Crippen molar-refractivity contribution in [3.05, 3.63) is 51.5 Å². The largest absolute Gasteiger partial charge is 0.477 e. The molecule has 10 nitrogen and oxygen atoms in total. The van der Waals surface area contributed by atoms with Gasteiger partial charge in [-0.2, -0.15) is 9.97 Å². The Balaban J connectivity index is 1.59. The number of carbonyl (C=O) groups excluding carboxylic acids is 1. The molecule has 0 saturated carbocycles. The molecule has 1 aliphatic heterocycles. The Labute approximate surface area is 233 Å². The van der Waals surface area contributed by atoms with Crippen molar-refractivity contribution in [3.8, 4) is 0 Å². The highest BCUT2D eigenvalue weighted by Crippen LogP contribution is 2.34. The summed E-state index contributed by atoms with van der Waals surface area (Å²) in [5.74, 6) is 1.76. The van der Waals surface area contributed by atoms with Crippen LogP contribution in [0, 0.1) is 18.8 Å². The minimum absolute atomic E-state index is 0.0635. The van der Waals surface area contributed by atoms with E-state index in [1.54, 1.807) is 6.92 Å². The Hall–Kier alpha value is -3.73. The highest BCUT2D eigenvalue weighted by atomic mass is 32.1. The standard InChI is InChI=1S/C28H37N7O3S/c1-16(2)13-29-23-21-7-6-12-35(15-19-8-10-20(11-9-19)25(36)30-14-17(3)4)24(21)33-27(32-23)34-28-31-18(5)22(39-28)26(37)38/h8-11,16-17H,6-7,12-15H2,1-5H3,(H,30,36)(H,37,38)(H2,29,31,32,33,34). The number of hydrogen-bond donors (Lipinski definition) is 4. The molecule has 0 spiro atoms. The van der Waals surface area contributed by atoms with Crippen molar-refractivity contribution in [3.63, 3.8) is 0 Å². The number of aromatic nitrogens is 3. The molecule has 208 valence electrons. The molecule has 4 rings (SSSR count). The molecule has 0 saturated heterocycles. The van der Waals surface area contributed by atoms with E-state index in [9.17, 15) is 14.7 Å². The number of hydrogen-bond acceptors (Lipinski definition) is 9. The van der Waals surface area contributed by atoms with Crippen molar-refractivity contribution >= 4 is 45.9 Å². The number of aromatic carboxylic acids is 1. The van der Waals surface area contributed by atoms with Crippen molar-refractivity contribution in [2.24, 2.45) is 11.8 Å². The predicted molar refractivity (Wildman–Crippen MR) is 155 cm³/mol. The number of aryl methyl sites for hydroxylation is 1. The SMILES string of the molecule is Cc1nc(Nc2nc(NCC(C)C)c3c(n2)N(Cc2ccc(C(=O)NCC(C)C)cc2)CCC3)sc1C(=O)O. The third kappa shape index (κ3) is 7.23. The summed E-state index contributed by atoms with van der Waals surface area (Å²) in [6.45, 7) is 13.0. The third-order valence-corrected chi connectivity index (χ3v) is 7.35. The number of rotatable bonds is 11. The van der Waals surface area contributed by atoms with Crippen LogP contribution in [0.3, 0.4) is 0 Å². The first-order valence-electron chi connectivity index (χ1n) is 13.3. The van der Waals surface area contributed by atoms with Gasteiger partial charge in [-0.05, 0) is 49.3 Å². The van der Waals surface area contributed by atoms with E-state index in [1.807, 2.05) is 24.3 Å². The fourth-order valence-corrected chi connectivity index (χ4v) is 5.10. The number of thiazole rings is 1. The summed E-state index contributed by atoms with van der Waals surface area (Å²) in [4.78, 5) is 40.3. The van der Waals surface area contributed by atoms with E-state index in [4.69, 9.17) is 9.97 Å². The first-order chi connectivity index (χ1) is 18.6. The number of anilines is 4. The number of amides is 1. The highest BCUT2D eigenvalue weighted by Gasteiger charge is 2.25. The number of fused-ring (bicyclic) bond motifs is 1. The average Bonchev–Trinajstić information content (AvgIpc) is 3.26. The Morgan fingerprint density at radius 1 is 1.05 bits per heavy atom. The summed E-state index contributed by atoms with van der Waals surface area (Å²) >= 11 is 1.07. The van der Waals surface area contributed by atoms with Gasteiger partial charge in [-0.1, -0.05) is 51.2 Å². The van der Waals surface area contributed by atoms with Gasteiger partial charge in [-0.15, -0.1) is 0 Å². The summed E-state index contributed by atoms with van der Waals surface area (Å²) in [6, 6.07) is 7.71. The number of nitrogens with one attached hydrogen (secondary N) is 3. The molecule has 11 heteroatoms. The molecule has 0 unspecified atom stereocenters. The van der Waals surface area contributed by atoms with Crippen LogP contribution in [0.2, 0.25) is 0 Å². The molecule has 3 heterocycles. The minimum atomic E-state index is -1.00. The lowest BCUT2D eigenvalue weighted by Crippen LogP contribution is -2.31. The lowest BCUT2D eigenvalue weighted by molar-refractivity contribution is 0.0701. The van der Waals surface area contributed by atoms with Gasteiger partial charge in [-0.3, -0.25) is 10.1 Å². The molecule has 2 aromatic heterocycles. The molecular formula is C28H37N7O3S. The Kier molecular flexibility index (Phi) is 9.01. The quantitative estimate of drug-likeness (QED) is 0.257. The van der Waals surface area contributed by atoms with E-state index in [1.165, 1.54) is 0 Å². The molecule has 1 aromatic carbocycles. The maximum atomic E-state index is 12.4. The Morgan fingerprint density at radius 3 is 2.41 bits per heavy atom. The van der Waals surface area contributed by atoms with E-state index in [0.29, 0.717) is 47.3 Å². The molecule has 0 fully saturated rings. The second-order valence-electron chi connectivity index (χ2n) is 10.7. The zero-order chi connectivity index (χ0) is 28.1. The van der Waals surface area contributed by atoms with Crippen molar-refractivity contribution in [1.82, 2.24) is 20.3 Å². The zero-order valence-electron chi connectivity index (χ0n) is 23.2. The fraction of sp³-hybridized carbons (Fsp3) is 0.464. The summed E-state index contributed by atoms with van der Waals surface area (Å²) in [5.41, 5.74) is 3.24. The fourth-order valence-electron chi connectivity index (χ4n) is 4.30. The van der Waals surface area contributed by atoms with Gasteiger partial charge in [-0.25, -0.2) is 9.78 Å². The Morgan fingerprint density at radius 2 is 1.77 bits per heavy atom. The van der Waals surface area contributed by atoms with Crippen molar-refractivity contribution in [1.29, 1.82) is 0 Å². The average molecular weight is 552 g/mol. The van der Waals surface area contributed by atoms with Gasteiger partial charge in [0.1, 0.15) is 16.5 Å². The number of benzene rings is 1. The molecule has 3 aromatic rings. The van der Waals surface area contributed by atoms with Crippen LogP contribution in [-0.2, 0) is 13.0 Å². The van der Waals surface area contributed by atoms with E-state index < -0.39 is 5.97 Å². The molecule has 0 atom stereocenters. The van der Waals surface area contributed by atoms with Crippen LogP contribution < -0.4 is 20.9 Å². The third-order valence-electron chi connectivity index (χ3n) is 6.29. The van der Waals surface area contributed by atoms with Crippen molar-refractivity contribution in [2.45, 2.75) is 54.0 Å². The van der Waals surface area contributed by atoms with Crippen molar-refractivity contribution in [2.75, 3.05) is 35.2 Å². The van der Waals surface area contributed by atoms with Gasteiger partial charge in [0.25, 0.3) is 5.91 Å². The normalized spacial score (nSPS) is 12.9. The van der Waals surface area contributed by atoms with E-state index in [-0.39, 0.29) is 10.8 Å². The second kappa shape index (κ2) is 12.4. The lowest BCUT2D eigenvalue weighted by Gasteiger charge is -2.31. The number of carbonyl (C=O) groups is 2. The van der Waals surface area contributed by atoms with Crippen LogP contribution in [0.1, 0.15) is 71.0 Å². The first kappa shape index (κ1) is 28.3. The monoisotopic (exact) mass is 551 g/mol. The summed E-state index contributed by atoms with van der Waals surface area (Å²) in [7, 11) is 0. The van der Waals surface area contributed by atoms with Gasteiger partial charge in [0.05, 0.1) is 5.69 Å². The summed E-state index contributed by atoms with van der Waals surface area (Å²) in [5, 5.41) is 19.4. The van der Waals surface area contributed by atoms with E-state index in [0.717, 1.165) is 60.0 Å². The van der Waals surface area contributed by atoms with Crippen LogP contribution in [0.4, 0.5) is 22.7 Å². The molecule has 4 N–H and O–H groups in total. The molecule has 1 amide bonds. The summed E-state index contributed by atoms with van der Waals surface area (Å²) < 4.78 is 0.